The first-order chi connectivity index (χ1) is 15.5. The number of allylic oxidation sites excluding steroid dienone is 2. The molecule has 1 fully saturated rings. The normalized spacial score (nSPS) is 26.4. The molecule has 32 heavy (non-hydrogen) atoms. The molecule has 6 nitrogen and oxygen atoms in total. The maximum atomic E-state index is 12.9. The van der Waals surface area contributed by atoms with E-state index in [9.17, 15) is 8.42 Å². The van der Waals surface area contributed by atoms with Crippen molar-refractivity contribution in [3.8, 4) is 5.75 Å². The van der Waals surface area contributed by atoms with Gasteiger partial charge in [0.2, 0.25) is 10.0 Å². The summed E-state index contributed by atoms with van der Waals surface area (Å²) in [5, 5.41) is 3.68. The van der Waals surface area contributed by atoms with E-state index in [1.165, 1.54) is 5.56 Å². The van der Waals surface area contributed by atoms with E-state index >= 15 is 0 Å². The molecule has 4 atom stereocenters. The van der Waals surface area contributed by atoms with Gasteiger partial charge in [0.25, 0.3) is 0 Å². The standard InChI is InChI=1S/C25H30N2O4S/c1-2-30-18-10-8-17(9-11-18)25-22-7-3-6-21(22)23-15-20(12-13-24(23)27-25)32(28,29)26-16-19-5-4-14-31-19/h3,6,8-13,15,19,21-22,25-27H,2,4-5,7,14,16H2,1H3. The first-order valence-electron chi connectivity index (χ1n) is 11.5. The van der Waals surface area contributed by atoms with Gasteiger partial charge in [-0.2, -0.15) is 0 Å². The van der Waals surface area contributed by atoms with Gasteiger partial charge in [0.1, 0.15) is 5.75 Å². The molecular formula is C25H30N2O4S. The Morgan fingerprint density at radius 3 is 2.78 bits per heavy atom. The maximum absolute atomic E-state index is 12.9. The fourth-order valence-corrected chi connectivity index (χ4v) is 6.20. The average molecular weight is 455 g/mol. The van der Waals surface area contributed by atoms with Gasteiger partial charge in [0.05, 0.1) is 23.6 Å². The van der Waals surface area contributed by atoms with Crippen LogP contribution in [0.3, 0.4) is 0 Å². The lowest BCUT2D eigenvalue weighted by Crippen LogP contribution is -2.32. The fourth-order valence-electron chi connectivity index (χ4n) is 5.10. The van der Waals surface area contributed by atoms with Crippen LogP contribution in [0.5, 0.6) is 5.75 Å². The molecule has 170 valence electrons. The molecule has 0 radical (unpaired) electrons. The molecule has 1 aliphatic carbocycles. The third kappa shape index (κ3) is 4.17. The van der Waals surface area contributed by atoms with Crippen LogP contribution in [0.25, 0.3) is 0 Å². The molecule has 1 saturated heterocycles. The summed E-state index contributed by atoms with van der Waals surface area (Å²) in [6.45, 7) is 3.66. The van der Waals surface area contributed by atoms with Crippen molar-refractivity contribution in [3.05, 3.63) is 65.7 Å². The molecule has 7 heteroatoms. The minimum Gasteiger partial charge on any atom is -0.494 e. The number of benzene rings is 2. The van der Waals surface area contributed by atoms with Crippen molar-refractivity contribution < 1.29 is 17.9 Å². The lowest BCUT2D eigenvalue weighted by molar-refractivity contribution is 0.114. The fraction of sp³-hybridized carbons (Fsp3) is 0.440. The van der Waals surface area contributed by atoms with Gasteiger partial charge in [-0.25, -0.2) is 13.1 Å². The molecule has 3 aliphatic rings. The van der Waals surface area contributed by atoms with Gasteiger partial charge < -0.3 is 14.8 Å². The smallest absolute Gasteiger partial charge is 0.240 e. The van der Waals surface area contributed by atoms with Crippen LogP contribution in [-0.2, 0) is 14.8 Å². The molecule has 2 aromatic carbocycles. The van der Waals surface area contributed by atoms with Crippen LogP contribution in [0.15, 0.2) is 59.5 Å². The molecule has 0 aromatic heterocycles. The third-order valence-electron chi connectivity index (χ3n) is 6.72. The summed E-state index contributed by atoms with van der Waals surface area (Å²) >= 11 is 0. The van der Waals surface area contributed by atoms with Crippen LogP contribution in [0.4, 0.5) is 5.69 Å². The van der Waals surface area contributed by atoms with Crippen LogP contribution < -0.4 is 14.8 Å². The van der Waals surface area contributed by atoms with Crippen molar-refractivity contribution >= 4 is 15.7 Å². The van der Waals surface area contributed by atoms with Crippen molar-refractivity contribution in [1.82, 2.24) is 4.72 Å². The summed E-state index contributed by atoms with van der Waals surface area (Å²) in [7, 11) is -3.58. The number of hydrogen-bond donors (Lipinski definition) is 2. The van der Waals surface area contributed by atoms with Gasteiger partial charge >= 0.3 is 0 Å². The minimum absolute atomic E-state index is 0.0268. The molecule has 0 spiro atoms. The Kier molecular flexibility index (Phi) is 5.97. The summed E-state index contributed by atoms with van der Waals surface area (Å²) in [6.07, 6.45) is 7.26. The monoisotopic (exact) mass is 454 g/mol. The van der Waals surface area contributed by atoms with Gasteiger partial charge in [-0.15, -0.1) is 0 Å². The maximum Gasteiger partial charge on any atom is 0.240 e. The zero-order chi connectivity index (χ0) is 22.1. The van der Waals surface area contributed by atoms with Gasteiger partial charge in [-0.3, -0.25) is 0 Å². The van der Waals surface area contributed by atoms with Crippen LogP contribution in [0.2, 0.25) is 0 Å². The summed E-state index contributed by atoms with van der Waals surface area (Å²) in [6, 6.07) is 13.9. The largest absolute Gasteiger partial charge is 0.494 e. The molecule has 0 bridgehead atoms. The number of fused-ring (bicyclic) bond motifs is 3. The number of anilines is 1. The highest BCUT2D eigenvalue weighted by Crippen LogP contribution is 2.50. The van der Waals surface area contributed by atoms with Crippen molar-refractivity contribution in [2.24, 2.45) is 5.92 Å². The molecule has 2 aromatic rings. The molecule has 5 rings (SSSR count). The van der Waals surface area contributed by atoms with Crippen LogP contribution in [0, 0.1) is 5.92 Å². The van der Waals surface area contributed by atoms with E-state index in [0.29, 0.717) is 30.6 Å². The topological polar surface area (TPSA) is 76.7 Å². The summed E-state index contributed by atoms with van der Waals surface area (Å²) in [5.74, 6) is 1.41. The predicted octanol–water partition coefficient (Wildman–Crippen LogP) is 4.37. The Balaban J connectivity index is 1.39. The highest BCUT2D eigenvalue weighted by atomic mass is 32.2. The number of nitrogens with one attached hydrogen (secondary N) is 2. The molecular weight excluding hydrogens is 424 g/mol. The number of rotatable bonds is 7. The second-order valence-corrected chi connectivity index (χ2v) is 10.5. The molecule has 2 N–H and O–H groups in total. The zero-order valence-corrected chi connectivity index (χ0v) is 19.1. The molecule has 2 aliphatic heterocycles. The summed E-state index contributed by atoms with van der Waals surface area (Å²) < 4.78 is 39.7. The van der Waals surface area contributed by atoms with Crippen molar-refractivity contribution in [3.63, 3.8) is 0 Å². The SMILES string of the molecule is CCOc1ccc(C2Nc3ccc(S(=O)(=O)NCC4CCCO4)cc3C3C=CCC32)cc1. The Morgan fingerprint density at radius 2 is 2.03 bits per heavy atom. The predicted molar refractivity (Wildman–Crippen MR) is 125 cm³/mol. The van der Waals surface area contributed by atoms with E-state index in [2.05, 4.69) is 34.3 Å². The lowest BCUT2D eigenvalue weighted by Gasteiger charge is -2.37. The Hall–Kier alpha value is -2.35. The molecule has 4 unspecified atom stereocenters. The lowest BCUT2D eigenvalue weighted by atomic mass is 9.77. The second kappa shape index (κ2) is 8.89. The number of hydrogen-bond acceptors (Lipinski definition) is 5. The first kappa shape index (κ1) is 21.5. The highest BCUT2D eigenvalue weighted by molar-refractivity contribution is 7.89. The van der Waals surface area contributed by atoms with E-state index in [4.69, 9.17) is 9.47 Å². The molecule has 0 amide bonds. The van der Waals surface area contributed by atoms with Gasteiger partial charge in [0.15, 0.2) is 0 Å². The number of sulfonamides is 1. The average Bonchev–Trinajstić information content (AvgIpc) is 3.50. The second-order valence-electron chi connectivity index (χ2n) is 8.71. The van der Waals surface area contributed by atoms with Crippen molar-refractivity contribution in [2.75, 3.05) is 25.1 Å². The number of ether oxygens (including phenoxy) is 2. The van der Waals surface area contributed by atoms with E-state index in [-0.39, 0.29) is 18.1 Å². The quantitative estimate of drug-likeness (QED) is 0.608. The third-order valence-corrected chi connectivity index (χ3v) is 8.14. The molecule has 2 heterocycles. The van der Waals surface area contributed by atoms with Gasteiger partial charge in [0, 0.05) is 24.8 Å². The summed E-state index contributed by atoms with van der Waals surface area (Å²) in [4.78, 5) is 0.314. The van der Waals surface area contributed by atoms with Crippen molar-refractivity contribution in [1.29, 1.82) is 0 Å². The Morgan fingerprint density at radius 1 is 1.19 bits per heavy atom. The summed E-state index contributed by atoms with van der Waals surface area (Å²) in [5.41, 5.74) is 3.26. The first-order valence-corrected chi connectivity index (χ1v) is 12.9. The van der Waals surface area contributed by atoms with E-state index in [1.807, 2.05) is 31.2 Å². The van der Waals surface area contributed by atoms with E-state index in [1.54, 1.807) is 6.07 Å². The Labute approximate surface area is 190 Å². The van der Waals surface area contributed by atoms with Crippen LogP contribution >= 0.6 is 0 Å². The minimum atomic E-state index is -3.58. The van der Waals surface area contributed by atoms with Crippen LogP contribution in [-0.4, -0.2) is 34.3 Å². The zero-order valence-electron chi connectivity index (χ0n) is 18.3. The van der Waals surface area contributed by atoms with Crippen molar-refractivity contribution in [2.45, 2.75) is 49.1 Å². The Bertz CT molecular complexity index is 1090. The van der Waals surface area contributed by atoms with Gasteiger partial charge in [-0.1, -0.05) is 24.3 Å². The van der Waals surface area contributed by atoms with Crippen LogP contribution in [0.1, 0.15) is 49.3 Å². The molecule has 0 saturated carbocycles. The highest BCUT2D eigenvalue weighted by Gasteiger charge is 2.38. The van der Waals surface area contributed by atoms with E-state index < -0.39 is 10.0 Å². The van der Waals surface area contributed by atoms with E-state index in [0.717, 1.165) is 36.3 Å². The van der Waals surface area contributed by atoms with Gasteiger partial charge in [-0.05, 0) is 73.6 Å².